The number of nitrogens with one attached hydrogen (secondary N) is 1. The maximum atomic E-state index is 12.0. The molecule has 0 radical (unpaired) electrons. The Bertz CT molecular complexity index is 483. The van der Waals surface area contributed by atoms with Gasteiger partial charge in [0.2, 0.25) is 0 Å². The van der Waals surface area contributed by atoms with Gasteiger partial charge in [-0.1, -0.05) is 25.1 Å². The number of nitrogens with zero attached hydrogens (tertiary/aromatic N) is 1. The molecule has 1 aromatic rings. The van der Waals surface area contributed by atoms with Crippen molar-refractivity contribution < 1.29 is 14.6 Å². The Hall–Kier alpha value is -1.75. The summed E-state index contributed by atoms with van der Waals surface area (Å²) in [5.41, 5.74) is 0.167. The van der Waals surface area contributed by atoms with E-state index in [2.05, 4.69) is 5.32 Å². The van der Waals surface area contributed by atoms with Crippen molar-refractivity contribution in [2.24, 2.45) is 0 Å². The van der Waals surface area contributed by atoms with E-state index >= 15 is 0 Å². The van der Waals surface area contributed by atoms with Crippen LogP contribution in [0, 0.1) is 6.92 Å². The molecule has 0 saturated carbocycles. The van der Waals surface area contributed by atoms with E-state index in [1.165, 1.54) is 4.90 Å². The van der Waals surface area contributed by atoms with Crippen LogP contribution in [0.4, 0.5) is 4.79 Å². The van der Waals surface area contributed by atoms with E-state index in [4.69, 9.17) is 4.74 Å². The molecule has 0 heterocycles. The van der Waals surface area contributed by atoms with E-state index in [1.54, 1.807) is 20.9 Å². The van der Waals surface area contributed by atoms with E-state index in [9.17, 15) is 9.90 Å². The highest BCUT2D eigenvalue weighted by Gasteiger charge is 2.20. The van der Waals surface area contributed by atoms with Crippen molar-refractivity contribution in [2.45, 2.75) is 45.8 Å². The Labute approximate surface area is 133 Å². The summed E-state index contributed by atoms with van der Waals surface area (Å²) < 4.78 is 5.94. The van der Waals surface area contributed by atoms with Crippen LogP contribution in [0.5, 0.6) is 5.75 Å². The summed E-state index contributed by atoms with van der Waals surface area (Å²) in [5.74, 6) is 0.841. The molecular formula is C17H28N2O3. The van der Waals surface area contributed by atoms with Crippen molar-refractivity contribution in [3.63, 3.8) is 0 Å². The van der Waals surface area contributed by atoms with Gasteiger partial charge in [-0.05, 0) is 38.8 Å². The third-order valence-corrected chi connectivity index (χ3v) is 3.29. The Balaban J connectivity index is 2.50. The minimum Gasteiger partial charge on any atom is -0.488 e. The lowest BCUT2D eigenvalue weighted by atomic mass is 10.1. The first-order chi connectivity index (χ1) is 10.2. The number of urea groups is 1. The standard InChI is InChI=1S/C17H28N2O3/c1-6-14(22-15-10-8-7-9-13(15)2)11-18-16(20)19(5)12-17(3,4)21/h7-10,14,21H,6,11-12H2,1-5H3,(H,18,20). The minimum atomic E-state index is -0.909. The minimum absolute atomic E-state index is 0.0828. The molecule has 5 nitrogen and oxygen atoms in total. The van der Waals surface area contributed by atoms with E-state index < -0.39 is 5.60 Å². The summed E-state index contributed by atoms with van der Waals surface area (Å²) in [7, 11) is 1.66. The summed E-state index contributed by atoms with van der Waals surface area (Å²) in [5, 5.41) is 12.6. The molecule has 0 bridgehead atoms. The number of hydrogen-bond acceptors (Lipinski definition) is 3. The van der Waals surface area contributed by atoms with Crippen LogP contribution in [-0.2, 0) is 0 Å². The first-order valence-corrected chi connectivity index (χ1v) is 7.66. The molecule has 0 aliphatic carbocycles. The molecule has 2 N–H and O–H groups in total. The smallest absolute Gasteiger partial charge is 0.317 e. The molecule has 0 saturated heterocycles. The van der Waals surface area contributed by atoms with Crippen molar-refractivity contribution in [1.82, 2.24) is 10.2 Å². The number of likely N-dealkylation sites (N-methyl/N-ethyl adjacent to an activating group) is 1. The third-order valence-electron chi connectivity index (χ3n) is 3.29. The molecule has 124 valence electrons. The molecule has 0 fully saturated rings. The number of amides is 2. The van der Waals surface area contributed by atoms with Gasteiger partial charge < -0.3 is 20.1 Å². The normalized spacial score (nSPS) is 12.6. The van der Waals surface area contributed by atoms with Gasteiger partial charge in [-0.3, -0.25) is 0 Å². The second-order valence-corrected chi connectivity index (χ2v) is 6.27. The van der Waals surface area contributed by atoms with E-state index in [0.717, 1.165) is 17.7 Å². The van der Waals surface area contributed by atoms with Crippen molar-refractivity contribution >= 4 is 6.03 Å². The fourth-order valence-electron chi connectivity index (χ4n) is 2.13. The average molecular weight is 308 g/mol. The van der Waals surface area contributed by atoms with Gasteiger partial charge in [-0.2, -0.15) is 0 Å². The van der Waals surface area contributed by atoms with E-state index in [1.807, 2.05) is 38.1 Å². The number of aryl methyl sites for hydroxylation is 1. The molecule has 1 aromatic carbocycles. The highest BCUT2D eigenvalue weighted by Crippen LogP contribution is 2.18. The van der Waals surface area contributed by atoms with Crippen LogP contribution in [0.15, 0.2) is 24.3 Å². The van der Waals surface area contributed by atoms with Gasteiger partial charge in [0.15, 0.2) is 0 Å². The molecule has 22 heavy (non-hydrogen) atoms. The highest BCUT2D eigenvalue weighted by atomic mass is 16.5. The SMILES string of the molecule is CCC(CNC(=O)N(C)CC(C)(C)O)Oc1ccccc1C. The number of aliphatic hydroxyl groups is 1. The molecule has 0 spiro atoms. The lowest BCUT2D eigenvalue weighted by Gasteiger charge is -2.27. The van der Waals surface area contributed by atoms with Crippen LogP contribution >= 0.6 is 0 Å². The molecule has 1 atom stereocenters. The maximum absolute atomic E-state index is 12.0. The first kappa shape index (κ1) is 18.3. The van der Waals surface area contributed by atoms with Crippen LogP contribution in [0.3, 0.4) is 0 Å². The topological polar surface area (TPSA) is 61.8 Å². The lowest BCUT2D eigenvalue weighted by molar-refractivity contribution is 0.0527. The van der Waals surface area contributed by atoms with Crippen LogP contribution in [0.2, 0.25) is 0 Å². The summed E-state index contributed by atoms with van der Waals surface area (Å²) in [4.78, 5) is 13.5. The van der Waals surface area contributed by atoms with Gasteiger partial charge in [-0.25, -0.2) is 4.79 Å². The second kappa shape index (κ2) is 8.03. The van der Waals surface area contributed by atoms with E-state index in [-0.39, 0.29) is 18.7 Å². The van der Waals surface area contributed by atoms with Crippen LogP contribution in [0.25, 0.3) is 0 Å². The zero-order valence-electron chi connectivity index (χ0n) is 14.2. The zero-order valence-corrected chi connectivity index (χ0v) is 14.2. The number of para-hydroxylation sites is 1. The number of benzene rings is 1. The number of carbonyl (C=O) groups is 1. The lowest BCUT2D eigenvalue weighted by Crippen LogP contribution is -2.46. The first-order valence-electron chi connectivity index (χ1n) is 7.66. The highest BCUT2D eigenvalue weighted by molar-refractivity contribution is 5.73. The summed E-state index contributed by atoms with van der Waals surface area (Å²) in [6, 6.07) is 7.62. The number of ether oxygens (including phenoxy) is 1. The molecule has 5 heteroatoms. The van der Waals surface area contributed by atoms with E-state index in [0.29, 0.717) is 6.54 Å². The molecule has 0 aliphatic heterocycles. The average Bonchev–Trinajstić information content (AvgIpc) is 2.43. The number of rotatable bonds is 7. The quantitative estimate of drug-likeness (QED) is 0.814. The number of carbonyl (C=O) groups excluding carboxylic acids is 1. The Kier molecular flexibility index (Phi) is 6.68. The molecule has 1 unspecified atom stereocenters. The molecule has 1 rings (SSSR count). The summed E-state index contributed by atoms with van der Waals surface area (Å²) >= 11 is 0. The van der Waals surface area contributed by atoms with Gasteiger partial charge in [-0.15, -0.1) is 0 Å². The Morgan fingerprint density at radius 3 is 2.59 bits per heavy atom. The zero-order chi connectivity index (χ0) is 16.8. The molecule has 0 aromatic heterocycles. The predicted molar refractivity (Wildman–Crippen MR) is 88.2 cm³/mol. The maximum Gasteiger partial charge on any atom is 0.317 e. The van der Waals surface area contributed by atoms with Gasteiger partial charge in [0.05, 0.1) is 18.7 Å². The second-order valence-electron chi connectivity index (χ2n) is 6.27. The fourth-order valence-corrected chi connectivity index (χ4v) is 2.13. The Morgan fingerprint density at radius 1 is 1.41 bits per heavy atom. The summed E-state index contributed by atoms with van der Waals surface area (Å²) in [6.45, 7) is 8.07. The van der Waals surface area contributed by atoms with Crippen molar-refractivity contribution in [3.05, 3.63) is 29.8 Å². The molecular weight excluding hydrogens is 280 g/mol. The van der Waals surface area contributed by atoms with Crippen molar-refractivity contribution in [2.75, 3.05) is 20.1 Å². The monoisotopic (exact) mass is 308 g/mol. The Morgan fingerprint density at radius 2 is 2.05 bits per heavy atom. The van der Waals surface area contributed by atoms with Crippen molar-refractivity contribution in [3.8, 4) is 5.75 Å². The van der Waals surface area contributed by atoms with Crippen LogP contribution < -0.4 is 10.1 Å². The van der Waals surface area contributed by atoms with Crippen LogP contribution in [0.1, 0.15) is 32.8 Å². The summed E-state index contributed by atoms with van der Waals surface area (Å²) in [6.07, 6.45) is 0.713. The number of hydrogen-bond donors (Lipinski definition) is 2. The van der Waals surface area contributed by atoms with Gasteiger partial charge in [0, 0.05) is 7.05 Å². The van der Waals surface area contributed by atoms with Gasteiger partial charge in [0.25, 0.3) is 0 Å². The van der Waals surface area contributed by atoms with Crippen LogP contribution in [-0.4, -0.2) is 47.9 Å². The molecule has 2 amide bonds. The largest absolute Gasteiger partial charge is 0.488 e. The van der Waals surface area contributed by atoms with Gasteiger partial charge >= 0.3 is 6.03 Å². The predicted octanol–water partition coefficient (Wildman–Crippen LogP) is 2.56. The molecule has 0 aliphatic rings. The van der Waals surface area contributed by atoms with Crippen molar-refractivity contribution in [1.29, 1.82) is 0 Å². The fraction of sp³-hybridized carbons (Fsp3) is 0.588. The van der Waals surface area contributed by atoms with Gasteiger partial charge in [0.1, 0.15) is 11.9 Å². The third kappa shape index (κ3) is 6.35.